The SMILES string of the molecule is O=C(C[NH+]1CCC(C(=O)Nc2ccc3c(c2)OCO3)CC1)Nc1c(F)cccc1F. The van der Waals surface area contributed by atoms with Gasteiger partial charge in [-0.3, -0.25) is 9.59 Å². The maximum absolute atomic E-state index is 13.7. The minimum Gasteiger partial charge on any atom is -0.454 e. The topological polar surface area (TPSA) is 81.1 Å². The van der Waals surface area contributed by atoms with Gasteiger partial charge >= 0.3 is 0 Å². The number of piperidine rings is 1. The van der Waals surface area contributed by atoms with Crippen LogP contribution in [0.2, 0.25) is 0 Å². The van der Waals surface area contributed by atoms with Crippen molar-refractivity contribution in [2.24, 2.45) is 5.92 Å². The molecule has 4 rings (SSSR count). The highest BCUT2D eigenvalue weighted by Crippen LogP contribution is 2.34. The largest absolute Gasteiger partial charge is 0.454 e. The molecule has 3 N–H and O–H groups in total. The number of ether oxygens (including phenoxy) is 2. The second kappa shape index (κ2) is 8.66. The first-order chi connectivity index (χ1) is 14.5. The van der Waals surface area contributed by atoms with Crippen molar-refractivity contribution in [2.45, 2.75) is 12.8 Å². The van der Waals surface area contributed by atoms with Gasteiger partial charge in [-0.25, -0.2) is 8.78 Å². The first kappa shape index (κ1) is 20.1. The normalized spacial score (nSPS) is 19.9. The molecule has 2 heterocycles. The highest BCUT2D eigenvalue weighted by atomic mass is 19.1. The summed E-state index contributed by atoms with van der Waals surface area (Å²) in [5, 5.41) is 5.20. The third-order valence-corrected chi connectivity index (χ3v) is 5.34. The molecule has 0 spiro atoms. The summed E-state index contributed by atoms with van der Waals surface area (Å²) in [6.45, 7) is 1.49. The van der Waals surface area contributed by atoms with Crippen LogP contribution in [0, 0.1) is 17.6 Å². The van der Waals surface area contributed by atoms with Crippen molar-refractivity contribution >= 4 is 23.2 Å². The predicted octanol–water partition coefficient (Wildman–Crippen LogP) is 1.57. The van der Waals surface area contributed by atoms with Gasteiger partial charge < -0.3 is 25.0 Å². The van der Waals surface area contributed by atoms with Gasteiger partial charge in [0.15, 0.2) is 18.0 Å². The monoisotopic (exact) mass is 418 g/mol. The fraction of sp³-hybridized carbons (Fsp3) is 0.333. The Kier molecular flexibility index (Phi) is 5.80. The van der Waals surface area contributed by atoms with E-state index in [0.29, 0.717) is 43.1 Å². The van der Waals surface area contributed by atoms with Crippen LogP contribution >= 0.6 is 0 Å². The van der Waals surface area contributed by atoms with Crippen molar-refractivity contribution in [3.8, 4) is 11.5 Å². The molecule has 0 aromatic heterocycles. The lowest BCUT2D eigenvalue weighted by Gasteiger charge is -2.28. The highest BCUT2D eigenvalue weighted by molar-refractivity contribution is 5.93. The first-order valence-corrected chi connectivity index (χ1v) is 9.77. The van der Waals surface area contributed by atoms with Crippen LogP contribution in [0.15, 0.2) is 36.4 Å². The number of carbonyl (C=O) groups is 2. The van der Waals surface area contributed by atoms with Gasteiger partial charge in [0.25, 0.3) is 5.91 Å². The van der Waals surface area contributed by atoms with E-state index in [1.807, 2.05) is 0 Å². The zero-order valence-corrected chi connectivity index (χ0v) is 16.2. The average Bonchev–Trinajstić information content (AvgIpc) is 3.19. The second-order valence-corrected chi connectivity index (χ2v) is 7.40. The van der Waals surface area contributed by atoms with Gasteiger partial charge in [-0.15, -0.1) is 0 Å². The number of amides is 2. The smallest absolute Gasteiger partial charge is 0.279 e. The molecule has 0 saturated carbocycles. The van der Waals surface area contributed by atoms with Gasteiger partial charge in [-0.2, -0.15) is 0 Å². The lowest BCUT2D eigenvalue weighted by molar-refractivity contribution is -0.897. The van der Waals surface area contributed by atoms with Gasteiger partial charge in [0.2, 0.25) is 12.7 Å². The van der Waals surface area contributed by atoms with E-state index in [1.54, 1.807) is 18.2 Å². The van der Waals surface area contributed by atoms with Gasteiger partial charge in [0.05, 0.1) is 13.1 Å². The Morgan fingerprint density at radius 3 is 2.43 bits per heavy atom. The van der Waals surface area contributed by atoms with E-state index in [-0.39, 0.29) is 25.2 Å². The molecule has 2 aliphatic rings. The molecular formula is C21H22F2N3O4+. The molecule has 2 aromatic rings. The summed E-state index contributed by atoms with van der Waals surface area (Å²) < 4.78 is 37.9. The summed E-state index contributed by atoms with van der Waals surface area (Å²) in [5.41, 5.74) is 0.213. The molecule has 0 bridgehead atoms. The van der Waals surface area contributed by atoms with Gasteiger partial charge in [-0.05, 0) is 24.3 Å². The number of fused-ring (bicyclic) bond motifs is 1. The molecule has 7 nitrogen and oxygen atoms in total. The van der Waals surface area contributed by atoms with Crippen LogP contribution in [0.1, 0.15) is 12.8 Å². The quantitative estimate of drug-likeness (QED) is 0.689. The molecule has 2 aromatic carbocycles. The van der Waals surface area contributed by atoms with Gasteiger partial charge in [0.1, 0.15) is 17.3 Å². The number of likely N-dealkylation sites (tertiary alicyclic amines) is 1. The van der Waals surface area contributed by atoms with Crippen molar-refractivity contribution in [3.63, 3.8) is 0 Å². The summed E-state index contributed by atoms with van der Waals surface area (Å²) in [7, 11) is 0. The highest BCUT2D eigenvalue weighted by Gasteiger charge is 2.29. The van der Waals surface area contributed by atoms with E-state index in [0.717, 1.165) is 17.0 Å². The summed E-state index contributed by atoms with van der Waals surface area (Å²) in [4.78, 5) is 25.7. The number of anilines is 2. The number of rotatable bonds is 5. The van der Waals surface area contributed by atoms with Crippen LogP contribution in [0.25, 0.3) is 0 Å². The molecule has 9 heteroatoms. The standard InChI is InChI=1S/C21H21F2N3O4/c22-15-2-1-3-16(23)20(15)25-19(27)11-26-8-6-13(7-9-26)21(28)24-14-4-5-17-18(10-14)30-12-29-17/h1-5,10,13H,6-9,11-12H2,(H,24,28)(H,25,27)/p+1. The molecular weight excluding hydrogens is 396 g/mol. The zero-order chi connectivity index (χ0) is 21.1. The number of nitrogens with one attached hydrogen (secondary N) is 3. The van der Waals surface area contributed by atoms with E-state index in [1.165, 1.54) is 6.07 Å². The fourth-order valence-corrected chi connectivity index (χ4v) is 3.71. The molecule has 2 amide bonds. The number of para-hydroxylation sites is 1. The van der Waals surface area contributed by atoms with Crippen molar-refractivity contribution in [1.82, 2.24) is 0 Å². The van der Waals surface area contributed by atoms with Crippen molar-refractivity contribution in [1.29, 1.82) is 0 Å². The molecule has 0 unspecified atom stereocenters. The molecule has 0 radical (unpaired) electrons. The van der Waals surface area contributed by atoms with E-state index in [4.69, 9.17) is 9.47 Å². The van der Waals surface area contributed by atoms with Crippen molar-refractivity contribution in [3.05, 3.63) is 48.0 Å². The number of benzene rings is 2. The van der Waals surface area contributed by atoms with Crippen LogP contribution < -0.4 is 25.0 Å². The lowest BCUT2D eigenvalue weighted by Crippen LogP contribution is -3.14. The number of halogens is 2. The molecule has 0 atom stereocenters. The van der Waals surface area contributed by atoms with Crippen LogP contribution in [0.3, 0.4) is 0 Å². The summed E-state index contributed by atoms with van der Waals surface area (Å²) in [6, 6.07) is 8.67. The Bertz CT molecular complexity index is 941. The summed E-state index contributed by atoms with van der Waals surface area (Å²) in [6.07, 6.45) is 1.24. The summed E-state index contributed by atoms with van der Waals surface area (Å²) >= 11 is 0. The molecule has 158 valence electrons. The van der Waals surface area contributed by atoms with Crippen molar-refractivity contribution < 1.29 is 32.7 Å². The zero-order valence-electron chi connectivity index (χ0n) is 16.2. The lowest BCUT2D eigenvalue weighted by atomic mass is 9.95. The maximum Gasteiger partial charge on any atom is 0.279 e. The van der Waals surface area contributed by atoms with Crippen LogP contribution in [-0.4, -0.2) is 38.2 Å². The summed E-state index contributed by atoms with van der Waals surface area (Å²) in [5.74, 6) is -1.06. The Morgan fingerprint density at radius 1 is 1.00 bits per heavy atom. The van der Waals surface area contributed by atoms with E-state index >= 15 is 0 Å². The molecule has 2 aliphatic heterocycles. The number of hydrogen-bond acceptors (Lipinski definition) is 4. The molecule has 1 saturated heterocycles. The van der Waals surface area contributed by atoms with E-state index in [2.05, 4.69) is 10.6 Å². The number of carbonyl (C=O) groups excluding carboxylic acids is 2. The first-order valence-electron chi connectivity index (χ1n) is 9.77. The maximum atomic E-state index is 13.7. The third kappa shape index (κ3) is 4.51. The van der Waals surface area contributed by atoms with E-state index < -0.39 is 23.2 Å². The molecule has 0 aliphatic carbocycles. The van der Waals surface area contributed by atoms with Crippen LogP contribution in [-0.2, 0) is 9.59 Å². The van der Waals surface area contributed by atoms with E-state index in [9.17, 15) is 18.4 Å². The van der Waals surface area contributed by atoms with Crippen LogP contribution in [0.4, 0.5) is 20.2 Å². The Labute approximate surface area is 172 Å². The number of quaternary nitrogens is 1. The Morgan fingerprint density at radius 2 is 1.70 bits per heavy atom. The predicted molar refractivity (Wildman–Crippen MR) is 104 cm³/mol. The molecule has 1 fully saturated rings. The Hall–Kier alpha value is -3.20. The van der Waals surface area contributed by atoms with Crippen molar-refractivity contribution in [2.75, 3.05) is 37.1 Å². The minimum absolute atomic E-state index is 0.0780. The average molecular weight is 418 g/mol. The minimum atomic E-state index is -0.808. The van der Waals surface area contributed by atoms with Gasteiger partial charge in [-0.1, -0.05) is 6.07 Å². The fourth-order valence-electron chi connectivity index (χ4n) is 3.71. The van der Waals surface area contributed by atoms with Gasteiger partial charge in [0, 0.05) is 30.5 Å². The molecule has 30 heavy (non-hydrogen) atoms. The Balaban J connectivity index is 1.25. The van der Waals surface area contributed by atoms with Crippen LogP contribution in [0.5, 0.6) is 11.5 Å². The number of hydrogen-bond donors (Lipinski definition) is 3. The second-order valence-electron chi connectivity index (χ2n) is 7.40. The third-order valence-electron chi connectivity index (χ3n) is 5.34.